The maximum atomic E-state index is 11.7. The molecule has 38 heavy (non-hydrogen) atoms. The standard InChI is InChI=1S/C28H24O6S2.2Na/c29-35(30,31)26-12-6-4-10-24(26)16-20-28(18-14-23(15-19-28)22-8-2-1-3-9-22)21-17-25-11-5-7-13-27(25)36(32,33)34;;/h1-18,20-21H,19H2,(H,29,30,31)(H,32,33,34);;/q;2*+1/p-2. The predicted molar refractivity (Wildman–Crippen MR) is 137 cm³/mol. The molecule has 10 heteroatoms. The minimum Gasteiger partial charge on any atom is -0.744 e. The monoisotopic (exact) mass is 564 g/mol. The average molecular weight is 565 g/mol. The topological polar surface area (TPSA) is 114 Å². The van der Waals surface area contributed by atoms with Crippen molar-refractivity contribution in [2.24, 2.45) is 5.41 Å². The largest absolute Gasteiger partial charge is 1.00 e. The third kappa shape index (κ3) is 8.22. The Balaban J connectivity index is 0.00000253. The molecule has 6 nitrogen and oxygen atoms in total. The molecule has 184 valence electrons. The number of hydrogen-bond acceptors (Lipinski definition) is 6. The second kappa shape index (κ2) is 13.7. The molecular formula is C28H22Na2O6S2. The number of benzene rings is 3. The molecule has 0 spiro atoms. The fourth-order valence-electron chi connectivity index (χ4n) is 4.00. The van der Waals surface area contributed by atoms with E-state index in [1.165, 1.54) is 36.4 Å². The van der Waals surface area contributed by atoms with E-state index in [9.17, 15) is 25.9 Å². The molecule has 0 fully saturated rings. The van der Waals surface area contributed by atoms with Crippen molar-refractivity contribution in [1.29, 1.82) is 0 Å². The van der Waals surface area contributed by atoms with Crippen LogP contribution in [0.3, 0.4) is 0 Å². The van der Waals surface area contributed by atoms with E-state index in [0.717, 1.165) is 11.1 Å². The molecule has 0 bridgehead atoms. The Hall–Kier alpha value is -1.56. The fourth-order valence-corrected chi connectivity index (χ4v) is 5.34. The molecule has 0 amide bonds. The molecule has 0 N–H and O–H groups in total. The summed E-state index contributed by atoms with van der Waals surface area (Å²) < 4.78 is 70.3. The van der Waals surface area contributed by atoms with Gasteiger partial charge in [0.15, 0.2) is 0 Å². The van der Waals surface area contributed by atoms with Crippen LogP contribution in [0.2, 0.25) is 0 Å². The molecule has 0 saturated carbocycles. The van der Waals surface area contributed by atoms with Crippen LogP contribution >= 0.6 is 0 Å². The summed E-state index contributed by atoms with van der Waals surface area (Å²) in [6.07, 6.45) is 13.0. The molecule has 0 atom stereocenters. The summed E-state index contributed by atoms with van der Waals surface area (Å²) in [6.45, 7) is 0. The van der Waals surface area contributed by atoms with Crippen molar-refractivity contribution in [3.63, 3.8) is 0 Å². The van der Waals surface area contributed by atoms with Crippen molar-refractivity contribution in [3.05, 3.63) is 126 Å². The summed E-state index contributed by atoms with van der Waals surface area (Å²) in [5.74, 6) is 0. The zero-order chi connectivity index (χ0) is 25.8. The molecule has 4 rings (SSSR count). The van der Waals surface area contributed by atoms with Crippen molar-refractivity contribution in [2.75, 3.05) is 0 Å². The summed E-state index contributed by atoms with van der Waals surface area (Å²) in [7, 11) is -9.36. The number of allylic oxidation sites excluding steroid dienone is 6. The average Bonchev–Trinajstić information content (AvgIpc) is 2.87. The van der Waals surface area contributed by atoms with Crippen LogP contribution in [0.1, 0.15) is 23.1 Å². The first-order chi connectivity index (χ1) is 17.1. The zero-order valence-electron chi connectivity index (χ0n) is 21.0. The van der Waals surface area contributed by atoms with Crippen molar-refractivity contribution < 1.29 is 85.1 Å². The first-order valence-corrected chi connectivity index (χ1v) is 13.8. The van der Waals surface area contributed by atoms with Gasteiger partial charge in [0.1, 0.15) is 20.2 Å². The van der Waals surface area contributed by atoms with Crippen LogP contribution in [-0.2, 0) is 20.2 Å². The minimum absolute atomic E-state index is 0. The van der Waals surface area contributed by atoms with Crippen LogP contribution in [0.25, 0.3) is 17.7 Å². The van der Waals surface area contributed by atoms with Gasteiger partial charge in [-0.3, -0.25) is 0 Å². The van der Waals surface area contributed by atoms with Gasteiger partial charge in [-0.05, 0) is 40.8 Å². The third-order valence-electron chi connectivity index (χ3n) is 5.88. The molecule has 0 unspecified atom stereocenters. The molecule has 3 aromatic rings. The van der Waals surface area contributed by atoms with Crippen molar-refractivity contribution in [1.82, 2.24) is 0 Å². The van der Waals surface area contributed by atoms with Gasteiger partial charge in [0.2, 0.25) is 0 Å². The van der Waals surface area contributed by atoms with E-state index in [2.05, 4.69) is 0 Å². The van der Waals surface area contributed by atoms with Gasteiger partial charge in [0.05, 0.1) is 9.79 Å². The molecule has 0 radical (unpaired) electrons. The van der Waals surface area contributed by atoms with Gasteiger partial charge in [0, 0.05) is 5.41 Å². The van der Waals surface area contributed by atoms with Crippen LogP contribution in [0.5, 0.6) is 0 Å². The molecule has 0 aliphatic heterocycles. The van der Waals surface area contributed by atoms with Gasteiger partial charge >= 0.3 is 59.1 Å². The molecule has 3 aromatic carbocycles. The van der Waals surface area contributed by atoms with E-state index in [4.69, 9.17) is 0 Å². The first kappa shape index (κ1) is 32.7. The zero-order valence-corrected chi connectivity index (χ0v) is 26.7. The van der Waals surface area contributed by atoms with Crippen LogP contribution in [0, 0.1) is 5.41 Å². The van der Waals surface area contributed by atoms with E-state index < -0.39 is 25.7 Å². The van der Waals surface area contributed by atoms with Gasteiger partial charge < -0.3 is 9.11 Å². The Morgan fingerprint density at radius 2 is 1.11 bits per heavy atom. The smallest absolute Gasteiger partial charge is 0.744 e. The van der Waals surface area contributed by atoms with Crippen LogP contribution < -0.4 is 59.1 Å². The van der Waals surface area contributed by atoms with Gasteiger partial charge in [-0.15, -0.1) is 0 Å². The number of hydrogen-bond donors (Lipinski definition) is 0. The first-order valence-electron chi connectivity index (χ1n) is 11.0. The summed E-state index contributed by atoms with van der Waals surface area (Å²) in [5, 5.41) is 0. The maximum absolute atomic E-state index is 11.7. The van der Waals surface area contributed by atoms with Crippen molar-refractivity contribution >= 4 is 38.0 Å². The Morgan fingerprint density at radius 3 is 1.53 bits per heavy atom. The maximum Gasteiger partial charge on any atom is 1.00 e. The molecule has 0 heterocycles. The van der Waals surface area contributed by atoms with Crippen LogP contribution in [-0.4, -0.2) is 25.9 Å². The van der Waals surface area contributed by atoms with Crippen molar-refractivity contribution in [2.45, 2.75) is 16.2 Å². The van der Waals surface area contributed by atoms with Gasteiger partial charge in [-0.2, -0.15) is 0 Å². The van der Waals surface area contributed by atoms with Gasteiger partial charge in [-0.25, -0.2) is 16.8 Å². The Kier molecular flexibility index (Phi) is 11.8. The number of rotatable bonds is 7. The third-order valence-corrected chi connectivity index (χ3v) is 7.70. The Bertz CT molecular complexity index is 1520. The van der Waals surface area contributed by atoms with E-state index in [1.807, 2.05) is 48.6 Å². The second-order valence-corrected chi connectivity index (χ2v) is 11.0. The second-order valence-electron chi connectivity index (χ2n) is 8.33. The normalized spacial score (nSPS) is 17.6. The molecule has 0 saturated heterocycles. The van der Waals surface area contributed by atoms with E-state index in [-0.39, 0.29) is 80.0 Å². The quantitative estimate of drug-likeness (QED) is 0.276. The molecule has 0 aromatic heterocycles. The van der Waals surface area contributed by atoms with E-state index in [0.29, 0.717) is 6.42 Å². The molecule has 1 aliphatic rings. The van der Waals surface area contributed by atoms with E-state index in [1.54, 1.807) is 36.4 Å². The summed E-state index contributed by atoms with van der Waals surface area (Å²) in [6, 6.07) is 21.6. The Labute approximate surface area is 268 Å². The molecular weight excluding hydrogens is 542 g/mol. The van der Waals surface area contributed by atoms with Crippen LogP contribution in [0.15, 0.2) is 119 Å². The summed E-state index contributed by atoms with van der Waals surface area (Å²) >= 11 is 0. The predicted octanol–water partition coefficient (Wildman–Crippen LogP) is -0.741. The summed E-state index contributed by atoms with van der Waals surface area (Å²) in [4.78, 5) is -0.660. The minimum atomic E-state index is -4.68. The molecule has 1 aliphatic carbocycles. The van der Waals surface area contributed by atoms with Crippen molar-refractivity contribution in [3.8, 4) is 0 Å². The summed E-state index contributed by atoms with van der Waals surface area (Å²) in [5.41, 5.74) is 1.74. The SMILES string of the molecule is O=S(=O)([O-])c1ccccc1C=CC1(C=Cc2ccccc2S(=O)(=O)[O-])C=CC(c2ccccc2)=CC1.[Na+].[Na+]. The van der Waals surface area contributed by atoms with Gasteiger partial charge in [-0.1, -0.05) is 109 Å². The Morgan fingerprint density at radius 1 is 0.658 bits per heavy atom. The fraction of sp³-hybridized carbons (Fsp3) is 0.0714. The van der Waals surface area contributed by atoms with Gasteiger partial charge in [0.25, 0.3) is 0 Å². The van der Waals surface area contributed by atoms with E-state index >= 15 is 0 Å². The van der Waals surface area contributed by atoms with Crippen LogP contribution in [0.4, 0.5) is 0 Å².